The average Bonchev–Trinajstić information content (AvgIpc) is 2.96. The molecule has 8 heteroatoms. The molecular formula is C9H8N4O3S. The molecule has 0 saturated carbocycles. The molecule has 0 aliphatic rings. The van der Waals surface area contributed by atoms with E-state index in [0.29, 0.717) is 10.7 Å². The first-order valence-corrected chi connectivity index (χ1v) is 5.49. The van der Waals surface area contributed by atoms with Crippen LogP contribution >= 0.6 is 11.3 Å². The van der Waals surface area contributed by atoms with E-state index >= 15 is 0 Å². The molecule has 2 N–H and O–H groups in total. The number of rotatable bonds is 4. The first kappa shape index (κ1) is 11.3. The zero-order chi connectivity index (χ0) is 12.3. The summed E-state index contributed by atoms with van der Waals surface area (Å²) in [6, 6.07) is 2.74. The summed E-state index contributed by atoms with van der Waals surface area (Å²) in [4.78, 5) is 28.6. The van der Waals surface area contributed by atoms with Crippen molar-refractivity contribution in [1.82, 2.24) is 15.3 Å². The highest BCUT2D eigenvalue weighted by Gasteiger charge is 2.14. The van der Waals surface area contributed by atoms with Crippen molar-refractivity contribution in [1.29, 1.82) is 0 Å². The topological polar surface area (TPSA) is 101 Å². The van der Waals surface area contributed by atoms with Gasteiger partial charge in [-0.15, -0.1) is 0 Å². The van der Waals surface area contributed by atoms with Crippen LogP contribution < -0.4 is 5.32 Å². The second-order valence-electron chi connectivity index (χ2n) is 3.11. The van der Waals surface area contributed by atoms with Crippen molar-refractivity contribution >= 4 is 22.2 Å². The molecule has 0 aliphatic heterocycles. The Labute approximate surface area is 99.7 Å². The smallest absolute Gasteiger partial charge is 0.324 e. The first-order valence-electron chi connectivity index (χ1n) is 4.67. The van der Waals surface area contributed by atoms with Crippen LogP contribution in [0.4, 0.5) is 5.00 Å². The normalized spacial score (nSPS) is 10.1. The van der Waals surface area contributed by atoms with Gasteiger partial charge in [0, 0.05) is 18.5 Å². The monoisotopic (exact) mass is 252 g/mol. The minimum Gasteiger partial charge on any atom is -0.347 e. The van der Waals surface area contributed by atoms with Gasteiger partial charge in [-0.3, -0.25) is 14.9 Å². The summed E-state index contributed by atoms with van der Waals surface area (Å²) < 4.78 is 0. The van der Waals surface area contributed by atoms with Crippen LogP contribution in [0.1, 0.15) is 15.5 Å². The van der Waals surface area contributed by atoms with E-state index in [1.807, 2.05) is 0 Å². The number of carbonyl (C=O) groups is 1. The Balaban J connectivity index is 1.97. The van der Waals surface area contributed by atoms with E-state index in [1.54, 1.807) is 12.4 Å². The van der Waals surface area contributed by atoms with Gasteiger partial charge in [0.1, 0.15) is 5.82 Å². The van der Waals surface area contributed by atoms with Crippen LogP contribution in [0.3, 0.4) is 0 Å². The molecule has 1 amide bonds. The molecule has 7 nitrogen and oxygen atoms in total. The predicted molar refractivity (Wildman–Crippen MR) is 60.7 cm³/mol. The molecule has 2 aromatic rings. The Morgan fingerprint density at radius 3 is 3.00 bits per heavy atom. The molecule has 2 heterocycles. The number of nitrogens with zero attached hydrogens (tertiary/aromatic N) is 2. The Morgan fingerprint density at radius 2 is 2.41 bits per heavy atom. The number of carbonyl (C=O) groups excluding carboxylic acids is 1. The highest BCUT2D eigenvalue weighted by molar-refractivity contribution is 7.17. The SMILES string of the molecule is O=C(NCc1ncc[nH]1)c1ccc([N+](=O)[O-])s1. The Kier molecular flexibility index (Phi) is 3.15. The van der Waals surface area contributed by atoms with Crippen molar-refractivity contribution in [3.8, 4) is 0 Å². The lowest BCUT2D eigenvalue weighted by Crippen LogP contribution is -2.22. The van der Waals surface area contributed by atoms with E-state index in [-0.39, 0.29) is 17.5 Å². The molecule has 17 heavy (non-hydrogen) atoms. The van der Waals surface area contributed by atoms with Crippen molar-refractivity contribution in [3.63, 3.8) is 0 Å². The molecule has 88 valence electrons. The van der Waals surface area contributed by atoms with Crippen LogP contribution in [0.5, 0.6) is 0 Å². The second kappa shape index (κ2) is 4.74. The lowest BCUT2D eigenvalue weighted by atomic mass is 10.4. The van der Waals surface area contributed by atoms with Crippen LogP contribution in [-0.2, 0) is 6.54 Å². The van der Waals surface area contributed by atoms with Gasteiger partial charge in [0.2, 0.25) is 0 Å². The van der Waals surface area contributed by atoms with Gasteiger partial charge in [-0.2, -0.15) is 0 Å². The molecule has 0 unspecified atom stereocenters. The maximum absolute atomic E-state index is 11.6. The minimum absolute atomic E-state index is 0.0480. The molecule has 0 fully saturated rings. The van der Waals surface area contributed by atoms with Crippen LogP contribution in [-0.4, -0.2) is 20.8 Å². The zero-order valence-corrected chi connectivity index (χ0v) is 9.36. The molecular weight excluding hydrogens is 244 g/mol. The lowest BCUT2D eigenvalue weighted by molar-refractivity contribution is -0.380. The van der Waals surface area contributed by atoms with Crippen molar-refractivity contribution in [2.24, 2.45) is 0 Å². The molecule has 0 radical (unpaired) electrons. The third-order valence-electron chi connectivity index (χ3n) is 1.97. The fraction of sp³-hybridized carbons (Fsp3) is 0.111. The van der Waals surface area contributed by atoms with Crippen molar-refractivity contribution in [2.75, 3.05) is 0 Å². The number of aromatic amines is 1. The second-order valence-corrected chi connectivity index (χ2v) is 4.18. The lowest BCUT2D eigenvalue weighted by Gasteiger charge is -1.99. The van der Waals surface area contributed by atoms with Crippen LogP contribution in [0.2, 0.25) is 0 Å². The fourth-order valence-electron chi connectivity index (χ4n) is 1.19. The van der Waals surface area contributed by atoms with Gasteiger partial charge < -0.3 is 10.3 Å². The summed E-state index contributed by atoms with van der Waals surface area (Å²) >= 11 is 0.845. The molecule has 2 rings (SSSR count). The summed E-state index contributed by atoms with van der Waals surface area (Å²) in [6.07, 6.45) is 3.23. The highest BCUT2D eigenvalue weighted by atomic mass is 32.1. The first-order chi connectivity index (χ1) is 8.16. The van der Waals surface area contributed by atoms with Gasteiger partial charge in [-0.05, 0) is 6.07 Å². The maximum atomic E-state index is 11.6. The molecule has 2 aromatic heterocycles. The number of imidazole rings is 1. The summed E-state index contributed by atoms with van der Waals surface area (Å²) in [5, 5.41) is 13.0. The Bertz CT molecular complexity index is 534. The number of nitro groups is 1. The zero-order valence-electron chi connectivity index (χ0n) is 8.54. The van der Waals surface area contributed by atoms with Crippen LogP contribution in [0, 0.1) is 10.1 Å². The number of nitrogens with one attached hydrogen (secondary N) is 2. The van der Waals surface area contributed by atoms with E-state index in [9.17, 15) is 14.9 Å². The summed E-state index contributed by atoms with van der Waals surface area (Å²) in [5.74, 6) is 0.281. The Hall–Kier alpha value is -2.22. The van der Waals surface area contributed by atoms with E-state index in [4.69, 9.17) is 0 Å². The maximum Gasteiger partial charge on any atom is 0.324 e. The van der Waals surface area contributed by atoms with Gasteiger partial charge in [0.15, 0.2) is 0 Å². The van der Waals surface area contributed by atoms with Gasteiger partial charge in [0.05, 0.1) is 16.3 Å². The molecule has 0 bridgehead atoms. The third-order valence-corrected chi connectivity index (χ3v) is 3.00. The number of aromatic nitrogens is 2. The molecule has 0 atom stereocenters. The number of thiophene rings is 1. The summed E-state index contributed by atoms with van der Waals surface area (Å²) in [6.45, 7) is 0.261. The van der Waals surface area contributed by atoms with Gasteiger partial charge >= 0.3 is 5.00 Å². The summed E-state index contributed by atoms with van der Waals surface area (Å²) in [7, 11) is 0. The molecule has 0 aromatic carbocycles. The van der Waals surface area contributed by atoms with Crippen LogP contribution in [0.15, 0.2) is 24.5 Å². The largest absolute Gasteiger partial charge is 0.347 e. The third kappa shape index (κ3) is 2.67. The van der Waals surface area contributed by atoms with E-state index in [1.165, 1.54) is 12.1 Å². The van der Waals surface area contributed by atoms with Crippen LogP contribution in [0.25, 0.3) is 0 Å². The van der Waals surface area contributed by atoms with E-state index < -0.39 is 4.92 Å². The number of hydrogen-bond acceptors (Lipinski definition) is 5. The summed E-state index contributed by atoms with van der Waals surface area (Å²) in [5.41, 5.74) is 0. The average molecular weight is 252 g/mol. The van der Waals surface area contributed by atoms with Crippen molar-refractivity contribution in [2.45, 2.75) is 6.54 Å². The molecule has 0 aliphatic carbocycles. The minimum atomic E-state index is -0.520. The van der Waals surface area contributed by atoms with Gasteiger partial charge in [-0.25, -0.2) is 4.98 Å². The number of amides is 1. The van der Waals surface area contributed by atoms with Crippen molar-refractivity contribution in [3.05, 3.63) is 45.3 Å². The van der Waals surface area contributed by atoms with Gasteiger partial charge in [-0.1, -0.05) is 11.3 Å². The standard InChI is InChI=1S/C9H8N4O3S/c14-9(12-5-7-10-3-4-11-7)6-1-2-8(17-6)13(15)16/h1-4H,5H2,(H,10,11)(H,12,14). The molecule has 0 saturated heterocycles. The van der Waals surface area contributed by atoms with E-state index in [0.717, 1.165) is 11.3 Å². The van der Waals surface area contributed by atoms with Crippen molar-refractivity contribution < 1.29 is 9.72 Å². The molecule has 0 spiro atoms. The Morgan fingerprint density at radius 1 is 1.59 bits per heavy atom. The quantitative estimate of drug-likeness (QED) is 0.632. The predicted octanol–water partition coefficient (Wildman–Crippen LogP) is 1.31. The number of H-pyrrole nitrogens is 1. The number of hydrogen-bond donors (Lipinski definition) is 2. The fourth-order valence-corrected chi connectivity index (χ4v) is 1.93. The highest BCUT2D eigenvalue weighted by Crippen LogP contribution is 2.23. The van der Waals surface area contributed by atoms with E-state index in [2.05, 4.69) is 15.3 Å². The van der Waals surface area contributed by atoms with Gasteiger partial charge in [0.25, 0.3) is 5.91 Å².